The molecule has 40 heavy (non-hydrogen) atoms. The Morgan fingerprint density at radius 1 is 0.875 bits per heavy atom. The summed E-state index contributed by atoms with van der Waals surface area (Å²) >= 11 is 3.72. The summed E-state index contributed by atoms with van der Waals surface area (Å²) in [6.45, 7) is 9.09. The summed E-state index contributed by atoms with van der Waals surface area (Å²) in [5.74, 6) is -0.651. The third kappa shape index (κ3) is 6.57. The number of carbonyl (C=O) groups is 1. The molecule has 3 aromatic rings. The number of rotatable bonds is 4. The molecule has 212 valence electrons. The van der Waals surface area contributed by atoms with Crippen molar-refractivity contribution in [2.24, 2.45) is 5.41 Å². The molecule has 2 saturated heterocycles. The van der Waals surface area contributed by atoms with Gasteiger partial charge in [-0.15, -0.1) is 0 Å². The Hall–Kier alpha value is -3.20. The lowest BCUT2D eigenvalue weighted by atomic mass is 9.71. The summed E-state index contributed by atoms with van der Waals surface area (Å²) in [5, 5.41) is 0. The monoisotopic (exact) mass is 613 g/mol. The van der Waals surface area contributed by atoms with Crippen LogP contribution in [-0.2, 0) is 4.74 Å². The first-order chi connectivity index (χ1) is 19.0. The van der Waals surface area contributed by atoms with Crippen molar-refractivity contribution in [3.8, 4) is 22.6 Å². The highest BCUT2D eigenvalue weighted by Crippen LogP contribution is 2.44. The Morgan fingerprint density at radius 3 is 2.23 bits per heavy atom. The minimum atomic E-state index is -0.904. The van der Waals surface area contributed by atoms with Crippen molar-refractivity contribution in [3.63, 3.8) is 0 Å². The standard InChI is InChI=1S/C31H34BrF2N3O3/c1-30(2,3)40-29(38)37-14-10-31(11-15-37)8-12-36(13-9-31)28-7-5-23(18-25(28)32)39-24-16-22(19-35-20-24)21-4-6-26(33)27(34)17-21/h4-7,16-20H,8-15H2,1-3H3. The van der Waals surface area contributed by atoms with Crippen LogP contribution in [0.2, 0.25) is 0 Å². The van der Waals surface area contributed by atoms with Crippen molar-refractivity contribution < 1.29 is 23.0 Å². The molecule has 9 heteroatoms. The van der Waals surface area contributed by atoms with E-state index in [4.69, 9.17) is 9.47 Å². The van der Waals surface area contributed by atoms with Gasteiger partial charge in [0.15, 0.2) is 11.6 Å². The van der Waals surface area contributed by atoms with E-state index < -0.39 is 17.2 Å². The van der Waals surface area contributed by atoms with Crippen LogP contribution in [0.25, 0.3) is 11.1 Å². The fourth-order valence-corrected chi connectivity index (χ4v) is 6.07. The van der Waals surface area contributed by atoms with Crippen molar-refractivity contribution in [2.75, 3.05) is 31.1 Å². The minimum absolute atomic E-state index is 0.210. The maximum Gasteiger partial charge on any atom is 0.410 e. The van der Waals surface area contributed by atoms with E-state index >= 15 is 0 Å². The van der Waals surface area contributed by atoms with Crippen LogP contribution in [0.4, 0.5) is 19.3 Å². The number of halogens is 3. The number of carbonyl (C=O) groups excluding carboxylic acids is 1. The molecular weight excluding hydrogens is 580 g/mol. The van der Waals surface area contributed by atoms with Gasteiger partial charge in [0.2, 0.25) is 0 Å². The Balaban J connectivity index is 1.18. The molecular formula is C31H34BrF2N3O3. The van der Waals surface area contributed by atoms with Gasteiger partial charge in [-0.1, -0.05) is 6.07 Å². The fraction of sp³-hybridized carbons (Fsp3) is 0.419. The smallest absolute Gasteiger partial charge is 0.410 e. The third-order valence-electron chi connectivity index (χ3n) is 7.76. The molecule has 1 aromatic heterocycles. The lowest BCUT2D eigenvalue weighted by Gasteiger charge is -2.47. The summed E-state index contributed by atoms with van der Waals surface area (Å²) in [6, 6.07) is 11.4. The second-order valence-corrected chi connectivity index (χ2v) is 12.6. The number of nitrogens with zero attached hydrogens (tertiary/aromatic N) is 3. The number of aromatic nitrogens is 1. The molecule has 2 fully saturated rings. The number of anilines is 1. The molecule has 0 aliphatic carbocycles. The number of likely N-dealkylation sites (tertiary alicyclic amines) is 1. The number of hydrogen-bond donors (Lipinski definition) is 0. The summed E-state index contributed by atoms with van der Waals surface area (Å²) in [4.78, 5) is 20.9. The maximum atomic E-state index is 13.7. The van der Waals surface area contributed by atoms with E-state index in [1.165, 1.54) is 6.07 Å². The third-order valence-corrected chi connectivity index (χ3v) is 8.40. The average molecular weight is 615 g/mol. The number of piperidine rings is 2. The van der Waals surface area contributed by atoms with Crippen LogP contribution in [0, 0.1) is 17.0 Å². The number of hydrogen-bond acceptors (Lipinski definition) is 5. The van der Waals surface area contributed by atoms with Gasteiger partial charge >= 0.3 is 6.09 Å². The van der Waals surface area contributed by atoms with Crippen molar-refractivity contribution in [1.29, 1.82) is 0 Å². The van der Waals surface area contributed by atoms with Gasteiger partial charge in [-0.3, -0.25) is 4.98 Å². The summed E-state index contributed by atoms with van der Waals surface area (Å²) in [5.41, 5.74) is 2.06. The zero-order chi connectivity index (χ0) is 28.5. The summed E-state index contributed by atoms with van der Waals surface area (Å²) in [6.07, 6.45) is 7.15. The predicted octanol–water partition coefficient (Wildman–Crippen LogP) is 8.20. The number of benzene rings is 2. The molecule has 2 aliphatic rings. The van der Waals surface area contributed by atoms with Crippen LogP contribution in [0.1, 0.15) is 46.5 Å². The first kappa shape index (κ1) is 28.3. The van der Waals surface area contributed by atoms with E-state index in [-0.39, 0.29) is 11.5 Å². The maximum absolute atomic E-state index is 13.7. The SMILES string of the molecule is CC(C)(C)OC(=O)N1CCC2(CC1)CCN(c1ccc(Oc3cncc(-c4ccc(F)c(F)c4)c3)cc1Br)CC2. The van der Waals surface area contributed by atoms with Crippen LogP contribution >= 0.6 is 15.9 Å². The highest BCUT2D eigenvalue weighted by Gasteiger charge is 2.39. The molecule has 0 unspecified atom stereocenters. The molecule has 2 aromatic carbocycles. The van der Waals surface area contributed by atoms with Gasteiger partial charge in [0.25, 0.3) is 0 Å². The Labute approximate surface area is 242 Å². The summed E-state index contributed by atoms with van der Waals surface area (Å²) < 4.78 is 39.6. The van der Waals surface area contributed by atoms with Gasteiger partial charge in [0.05, 0.1) is 11.9 Å². The van der Waals surface area contributed by atoms with Gasteiger partial charge in [-0.25, -0.2) is 13.6 Å². The van der Waals surface area contributed by atoms with E-state index in [1.807, 2.05) is 37.8 Å². The molecule has 0 saturated carbocycles. The quantitative estimate of drug-likeness (QED) is 0.297. The Bertz CT molecular complexity index is 1380. The molecule has 2 aliphatic heterocycles. The molecule has 0 bridgehead atoms. The second-order valence-electron chi connectivity index (χ2n) is 11.7. The second kappa shape index (κ2) is 11.4. The van der Waals surface area contributed by atoms with Crippen LogP contribution in [-0.4, -0.2) is 47.8 Å². The highest BCUT2D eigenvalue weighted by molar-refractivity contribution is 9.10. The van der Waals surface area contributed by atoms with E-state index in [9.17, 15) is 13.6 Å². The Kier molecular flexibility index (Phi) is 8.04. The average Bonchev–Trinajstić information content (AvgIpc) is 2.91. The molecule has 3 heterocycles. The predicted molar refractivity (Wildman–Crippen MR) is 155 cm³/mol. The molecule has 1 spiro atoms. The van der Waals surface area contributed by atoms with Crippen molar-refractivity contribution in [1.82, 2.24) is 9.88 Å². The number of amides is 1. The zero-order valence-electron chi connectivity index (χ0n) is 23.1. The molecule has 5 rings (SSSR count). The fourth-order valence-electron chi connectivity index (χ4n) is 5.46. The van der Waals surface area contributed by atoms with Gasteiger partial charge in [-0.05, 0) is 110 Å². The largest absolute Gasteiger partial charge is 0.456 e. The highest BCUT2D eigenvalue weighted by atomic mass is 79.9. The molecule has 1 amide bonds. The minimum Gasteiger partial charge on any atom is -0.456 e. The van der Waals surface area contributed by atoms with Crippen LogP contribution in [0.5, 0.6) is 11.5 Å². The number of ether oxygens (including phenoxy) is 2. The van der Waals surface area contributed by atoms with Crippen molar-refractivity contribution >= 4 is 27.7 Å². The summed E-state index contributed by atoms with van der Waals surface area (Å²) in [7, 11) is 0. The number of pyridine rings is 1. The van der Waals surface area contributed by atoms with E-state index in [2.05, 4.69) is 31.9 Å². The first-order valence-corrected chi connectivity index (χ1v) is 14.4. The van der Waals surface area contributed by atoms with Crippen LogP contribution in [0.15, 0.2) is 59.3 Å². The van der Waals surface area contributed by atoms with Gasteiger partial charge < -0.3 is 19.3 Å². The van der Waals surface area contributed by atoms with Crippen molar-refractivity contribution in [3.05, 3.63) is 71.0 Å². The van der Waals surface area contributed by atoms with E-state index in [0.29, 0.717) is 22.6 Å². The van der Waals surface area contributed by atoms with Crippen LogP contribution < -0.4 is 9.64 Å². The molecule has 0 atom stereocenters. The van der Waals surface area contributed by atoms with Gasteiger partial charge in [0.1, 0.15) is 17.1 Å². The van der Waals surface area contributed by atoms with Gasteiger partial charge in [0, 0.05) is 42.4 Å². The van der Waals surface area contributed by atoms with Gasteiger partial charge in [-0.2, -0.15) is 0 Å². The normalized spacial score (nSPS) is 17.1. The molecule has 0 N–H and O–H groups in total. The lowest BCUT2D eigenvalue weighted by Crippen LogP contribution is -2.49. The van der Waals surface area contributed by atoms with E-state index in [1.54, 1.807) is 18.5 Å². The molecule has 0 radical (unpaired) electrons. The lowest BCUT2D eigenvalue weighted by molar-refractivity contribution is 0.00665. The Morgan fingerprint density at radius 2 is 1.57 bits per heavy atom. The topological polar surface area (TPSA) is 54.9 Å². The van der Waals surface area contributed by atoms with E-state index in [0.717, 1.165) is 74.2 Å². The van der Waals surface area contributed by atoms with Crippen molar-refractivity contribution in [2.45, 2.75) is 52.1 Å². The zero-order valence-corrected chi connectivity index (χ0v) is 24.6. The first-order valence-electron chi connectivity index (χ1n) is 13.6. The molecule has 6 nitrogen and oxygen atoms in total. The van der Waals surface area contributed by atoms with Crippen LogP contribution in [0.3, 0.4) is 0 Å².